The summed E-state index contributed by atoms with van der Waals surface area (Å²) in [6.07, 6.45) is 1.07. The van der Waals surface area contributed by atoms with Crippen LogP contribution >= 0.6 is 0 Å². The van der Waals surface area contributed by atoms with E-state index in [0.717, 1.165) is 10.6 Å². The normalized spacial score (nSPS) is 12.2. The van der Waals surface area contributed by atoms with E-state index in [2.05, 4.69) is 5.32 Å². The van der Waals surface area contributed by atoms with E-state index in [9.17, 15) is 21.6 Å². The summed E-state index contributed by atoms with van der Waals surface area (Å²) in [4.78, 5) is 12.8. The van der Waals surface area contributed by atoms with Crippen molar-refractivity contribution in [3.63, 3.8) is 0 Å². The maximum absolute atomic E-state index is 12.7. The molecule has 146 valence electrons. The van der Waals surface area contributed by atoms with Gasteiger partial charge in [-0.2, -0.15) is 0 Å². The van der Waals surface area contributed by atoms with Crippen LogP contribution in [0, 0.1) is 13.8 Å². The van der Waals surface area contributed by atoms with Gasteiger partial charge in [-0.05, 0) is 49.2 Å². The van der Waals surface area contributed by atoms with Gasteiger partial charge in [0.25, 0.3) is 5.91 Å². The zero-order valence-corrected chi connectivity index (χ0v) is 17.4. The molecule has 0 spiro atoms. The summed E-state index contributed by atoms with van der Waals surface area (Å²) in [7, 11) is -4.26. The van der Waals surface area contributed by atoms with Gasteiger partial charge in [0.15, 0.2) is 9.84 Å². The Morgan fingerprint density at radius 1 is 0.889 bits per heavy atom. The van der Waals surface area contributed by atoms with Crippen LogP contribution < -0.4 is 5.32 Å². The molecule has 0 aliphatic heterocycles. The fourth-order valence-electron chi connectivity index (χ4n) is 2.37. The van der Waals surface area contributed by atoms with Crippen LogP contribution in [0.4, 0.5) is 5.69 Å². The van der Waals surface area contributed by atoms with Crippen molar-refractivity contribution in [1.82, 2.24) is 4.31 Å². The van der Waals surface area contributed by atoms with Crippen molar-refractivity contribution in [3.05, 3.63) is 53.1 Å². The number of hydrogen-bond acceptors (Lipinski definition) is 5. The SMILES string of the molecule is Cc1ccc(S(=O)(=O)N(C)C)cc1NC(=O)c1cc(S(C)(=O)=O)ccc1C. The Balaban J connectivity index is 2.45. The number of hydrogen-bond donors (Lipinski definition) is 1. The molecule has 0 saturated heterocycles. The third-order valence-corrected chi connectivity index (χ3v) is 7.04. The third-order valence-electron chi connectivity index (χ3n) is 4.12. The van der Waals surface area contributed by atoms with Crippen LogP contribution in [0.1, 0.15) is 21.5 Å². The number of amides is 1. The van der Waals surface area contributed by atoms with E-state index < -0.39 is 25.8 Å². The van der Waals surface area contributed by atoms with E-state index in [4.69, 9.17) is 0 Å². The van der Waals surface area contributed by atoms with Crippen LogP contribution in [0.5, 0.6) is 0 Å². The summed E-state index contributed by atoms with van der Waals surface area (Å²) in [6.45, 7) is 3.43. The topological polar surface area (TPSA) is 101 Å². The molecule has 1 amide bonds. The maximum Gasteiger partial charge on any atom is 0.255 e. The number of benzene rings is 2. The Bertz CT molecular complexity index is 1100. The Kier molecular flexibility index (Phi) is 5.79. The van der Waals surface area contributed by atoms with E-state index >= 15 is 0 Å². The fourth-order valence-corrected chi connectivity index (χ4v) is 3.95. The molecule has 2 aromatic rings. The molecule has 27 heavy (non-hydrogen) atoms. The van der Waals surface area contributed by atoms with Crippen LogP contribution in [0.15, 0.2) is 46.2 Å². The molecule has 0 saturated carbocycles. The predicted molar refractivity (Wildman–Crippen MR) is 104 cm³/mol. The smallest absolute Gasteiger partial charge is 0.255 e. The zero-order chi connectivity index (χ0) is 20.6. The molecule has 0 heterocycles. The van der Waals surface area contributed by atoms with Crippen molar-refractivity contribution in [2.75, 3.05) is 25.7 Å². The van der Waals surface area contributed by atoms with E-state index in [1.165, 1.54) is 38.4 Å². The van der Waals surface area contributed by atoms with Crippen LogP contribution in [0.3, 0.4) is 0 Å². The largest absolute Gasteiger partial charge is 0.322 e. The Morgan fingerprint density at radius 3 is 2.00 bits per heavy atom. The molecule has 9 heteroatoms. The molecule has 0 unspecified atom stereocenters. The van der Waals surface area contributed by atoms with Crippen molar-refractivity contribution >= 4 is 31.5 Å². The maximum atomic E-state index is 12.7. The van der Waals surface area contributed by atoms with Gasteiger partial charge in [0.1, 0.15) is 0 Å². The van der Waals surface area contributed by atoms with Gasteiger partial charge >= 0.3 is 0 Å². The van der Waals surface area contributed by atoms with Gasteiger partial charge < -0.3 is 5.32 Å². The summed E-state index contributed by atoms with van der Waals surface area (Å²) >= 11 is 0. The van der Waals surface area contributed by atoms with E-state index in [-0.39, 0.29) is 15.4 Å². The molecule has 2 rings (SSSR count). The molecule has 7 nitrogen and oxygen atoms in total. The van der Waals surface area contributed by atoms with Crippen molar-refractivity contribution < 1.29 is 21.6 Å². The Labute approximate surface area is 160 Å². The first-order chi connectivity index (χ1) is 12.3. The fraction of sp³-hybridized carbons (Fsp3) is 0.278. The van der Waals surface area contributed by atoms with Crippen molar-refractivity contribution in [3.8, 4) is 0 Å². The predicted octanol–water partition coefficient (Wildman–Crippen LogP) is 2.21. The average molecular weight is 411 g/mol. The molecule has 0 aromatic heterocycles. The number of sulfone groups is 1. The number of rotatable bonds is 5. The molecule has 0 atom stereocenters. The number of nitrogens with zero attached hydrogens (tertiary/aromatic N) is 1. The number of carbonyl (C=O) groups excluding carboxylic acids is 1. The van der Waals surface area contributed by atoms with E-state index in [1.54, 1.807) is 26.0 Å². The lowest BCUT2D eigenvalue weighted by Crippen LogP contribution is -2.22. The molecule has 2 aromatic carbocycles. The van der Waals surface area contributed by atoms with Gasteiger partial charge in [0, 0.05) is 31.6 Å². The third kappa shape index (κ3) is 4.55. The number of aryl methyl sites for hydroxylation is 2. The van der Waals surface area contributed by atoms with Crippen LogP contribution in [0.2, 0.25) is 0 Å². The number of nitrogens with one attached hydrogen (secondary N) is 1. The van der Waals surface area contributed by atoms with E-state index in [0.29, 0.717) is 16.8 Å². The lowest BCUT2D eigenvalue weighted by molar-refractivity contribution is 0.102. The van der Waals surface area contributed by atoms with Gasteiger partial charge in [0.2, 0.25) is 10.0 Å². The quantitative estimate of drug-likeness (QED) is 0.814. The van der Waals surface area contributed by atoms with Crippen LogP contribution in [-0.2, 0) is 19.9 Å². The molecule has 1 N–H and O–H groups in total. The minimum atomic E-state index is -3.65. The Morgan fingerprint density at radius 2 is 1.44 bits per heavy atom. The van der Waals surface area contributed by atoms with Crippen LogP contribution in [0.25, 0.3) is 0 Å². The van der Waals surface area contributed by atoms with E-state index in [1.807, 2.05) is 0 Å². The zero-order valence-electron chi connectivity index (χ0n) is 15.8. The van der Waals surface area contributed by atoms with Gasteiger partial charge in [0.05, 0.1) is 9.79 Å². The second kappa shape index (κ2) is 7.41. The standard InChI is InChI=1S/C18H22N2O5S2/c1-12-6-8-14(26(5,22)23)10-16(12)18(21)19-17-11-15(9-7-13(17)2)27(24,25)20(3)4/h6-11H,1-5H3,(H,19,21). The monoisotopic (exact) mass is 410 g/mol. The van der Waals surface area contributed by atoms with Crippen molar-refractivity contribution in [2.24, 2.45) is 0 Å². The minimum absolute atomic E-state index is 0.0407. The van der Waals surface area contributed by atoms with Gasteiger partial charge in [-0.15, -0.1) is 0 Å². The average Bonchev–Trinajstić information content (AvgIpc) is 2.55. The van der Waals surface area contributed by atoms with Crippen LogP contribution in [-0.4, -0.2) is 47.4 Å². The lowest BCUT2D eigenvalue weighted by Gasteiger charge is -2.15. The molecular formula is C18H22N2O5S2. The van der Waals surface area contributed by atoms with Crippen molar-refractivity contribution in [2.45, 2.75) is 23.6 Å². The first-order valence-corrected chi connectivity index (χ1v) is 11.3. The number of anilines is 1. The highest BCUT2D eigenvalue weighted by Crippen LogP contribution is 2.23. The second-order valence-electron chi connectivity index (χ2n) is 6.47. The Hall–Kier alpha value is -2.23. The molecule has 0 bridgehead atoms. The molecule has 0 aliphatic rings. The molecule has 0 radical (unpaired) electrons. The summed E-state index contributed by atoms with van der Waals surface area (Å²) in [5.41, 5.74) is 1.83. The first kappa shape index (κ1) is 21.1. The lowest BCUT2D eigenvalue weighted by atomic mass is 10.1. The van der Waals surface area contributed by atoms with Crippen molar-refractivity contribution in [1.29, 1.82) is 0 Å². The van der Waals surface area contributed by atoms with Gasteiger partial charge in [-0.3, -0.25) is 4.79 Å². The minimum Gasteiger partial charge on any atom is -0.322 e. The number of sulfonamides is 1. The highest BCUT2D eigenvalue weighted by molar-refractivity contribution is 7.90. The highest BCUT2D eigenvalue weighted by atomic mass is 32.2. The second-order valence-corrected chi connectivity index (χ2v) is 10.6. The molecule has 0 aliphatic carbocycles. The molecule has 0 fully saturated rings. The summed E-state index contributed by atoms with van der Waals surface area (Å²) in [5.74, 6) is -0.513. The van der Waals surface area contributed by atoms with Gasteiger partial charge in [-0.25, -0.2) is 21.1 Å². The summed E-state index contributed by atoms with van der Waals surface area (Å²) in [5, 5.41) is 2.68. The summed E-state index contributed by atoms with van der Waals surface area (Å²) < 4.78 is 49.2. The van der Waals surface area contributed by atoms with Gasteiger partial charge in [-0.1, -0.05) is 12.1 Å². The number of carbonyl (C=O) groups is 1. The molecular weight excluding hydrogens is 388 g/mol. The highest BCUT2D eigenvalue weighted by Gasteiger charge is 2.20. The first-order valence-electron chi connectivity index (χ1n) is 7.99. The summed E-state index contributed by atoms with van der Waals surface area (Å²) in [6, 6.07) is 8.78.